The van der Waals surface area contributed by atoms with E-state index in [1.807, 2.05) is 6.07 Å². The third-order valence-electron chi connectivity index (χ3n) is 7.39. The number of fused-ring (bicyclic) bond motifs is 2. The van der Waals surface area contributed by atoms with Crippen LogP contribution in [0.1, 0.15) is 24.8 Å². The van der Waals surface area contributed by atoms with Crippen LogP contribution >= 0.6 is 0 Å². The monoisotopic (exact) mass is 427 g/mol. The number of nitrogens with zero attached hydrogens (tertiary/aromatic N) is 3. The van der Waals surface area contributed by atoms with Gasteiger partial charge < -0.3 is 20.3 Å². The minimum absolute atomic E-state index is 0.134. The van der Waals surface area contributed by atoms with Gasteiger partial charge in [-0.05, 0) is 42.9 Å². The van der Waals surface area contributed by atoms with Crippen molar-refractivity contribution in [3.8, 4) is 6.07 Å². The molecular formula is C23H30FN5O2. The van der Waals surface area contributed by atoms with Gasteiger partial charge in [-0.25, -0.2) is 4.39 Å². The van der Waals surface area contributed by atoms with Crippen molar-refractivity contribution in [2.24, 2.45) is 5.92 Å². The lowest BCUT2D eigenvalue weighted by Crippen LogP contribution is -2.56. The first-order valence-electron chi connectivity index (χ1n) is 11.4. The van der Waals surface area contributed by atoms with Crippen molar-refractivity contribution in [1.29, 1.82) is 5.26 Å². The van der Waals surface area contributed by atoms with Crippen LogP contribution in [0, 0.1) is 23.1 Å². The highest BCUT2D eigenvalue weighted by Crippen LogP contribution is 2.35. The maximum absolute atomic E-state index is 14.8. The summed E-state index contributed by atoms with van der Waals surface area (Å²) < 4.78 is 20.1. The molecule has 0 spiro atoms. The Balaban J connectivity index is 1.16. The Bertz CT molecular complexity index is 862. The summed E-state index contributed by atoms with van der Waals surface area (Å²) in [5, 5.41) is 15.7. The van der Waals surface area contributed by atoms with Crippen molar-refractivity contribution >= 4 is 11.6 Å². The van der Waals surface area contributed by atoms with E-state index in [2.05, 4.69) is 26.5 Å². The third-order valence-corrected chi connectivity index (χ3v) is 7.39. The summed E-state index contributed by atoms with van der Waals surface area (Å²) >= 11 is 0. The van der Waals surface area contributed by atoms with Crippen molar-refractivity contribution in [3.05, 3.63) is 29.6 Å². The molecule has 1 amide bonds. The normalized spacial score (nSPS) is 29.4. The van der Waals surface area contributed by atoms with Gasteiger partial charge in [-0.15, -0.1) is 0 Å². The average molecular weight is 428 g/mol. The van der Waals surface area contributed by atoms with Gasteiger partial charge in [0.2, 0.25) is 5.91 Å². The molecule has 0 aromatic heterocycles. The molecule has 4 atom stereocenters. The number of anilines is 1. The molecule has 4 aliphatic rings. The topological polar surface area (TPSA) is 80.6 Å². The standard InChI is InChI=1S/C23H30FN5O2/c24-21-11-19(28-5-7-29(8-6-28)20-13-31-14-20)4-2-15(21)9-18(12-25)27-23(30)22-16-1-3-17(10-16)26-22/h2,4,11,16-18,20,22,26H,1,3,5-10,13-14H2,(H,27,30)/t16-,17+,18-,22-/m0/s1. The number of piperidine rings is 1. The molecule has 0 unspecified atom stereocenters. The average Bonchev–Trinajstić information content (AvgIpc) is 3.37. The van der Waals surface area contributed by atoms with Crippen LogP contribution in [-0.4, -0.2) is 74.4 Å². The summed E-state index contributed by atoms with van der Waals surface area (Å²) in [6.45, 7) is 5.27. The van der Waals surface area contributed by atoms with Gasteiger partial charge in [0.1, 0.15) is 11.9 Å². The minimum Gasteiger partial charge on any atom is -0.378 e. The van der Waals surface area contributed by atoms with Crippen molar-refractivity contribution in [3.63, 3.8) is 0 Å². The van der Waals surface area contributed by atoms with Crippen molar-refractivity contribution in [2.75, 3.05) is 44.3 Å². The van der Waals surface area contributed by atoms with Gasteiger partial charge in [0.15, 0.2) is 0 Å². The number of ether oxygens (including phenoxy) is 1. The zero-order valence-corrected chi connectivity index (χ0v) is 17.7. The van der Waals surface area contributed by atoms with Crippen LogP contribution in [0.25, 0.3) is 0 Å². The zero-order valence-electron chi connectivity index (χ0n) is 17.7. The van der Waals surface area contributed by atoms with Crippen molar-refractivity contribution in [1.82, 2.24) is 15.5 Å². The zero-order chi connectivity index (χ0) is 21.4. The quantitative estimate of drug-likeness (QED) is 0.706. The molecule has 166 valence electrons. The van der Waals surface area contributed by atoms with Crippen LogP contribution in [0.3, 0.4) is 0 Å². The fourth-order valence-corrected chi connectivity index (χ4v) is 5.44. The van der Waals surface area contributed by atoms with E-state index in [0.717, 1.165) is 64.3 Å². The number of rotatable bonds is 6. The smallest absolute Gasteiger partial charge is 0.238 e. The SMILES string of the molecule is N#C[C@H](Cc1ccc(N2CCN(C3COC3)CC2)cc1F)NC(=O)[C@H]1N[C@@H]2CC[C@H]1C2. The van der Waals surface area contributed by atoms with Gasteiger partial charge in [-0.3, -0.25) is 9.69 Å². The first-order chi connectivity index (χ1) is 15.1. The predicted octanol–water partition coefficient (Wildman–Crippen LogP) is 1.04. The second-order valence-electron chi connectivity index (χ2n) is 9.30. The number of benzene rings is 1. The van der Waals surface area contributed by atoms with Crippen LogP contribution in [0.15, 0.2) is 18.2 Å². The van der Waals surface area contributed by atoms with Crippen LogP contribution in [0.4, 0.5) is 10.1 Å². The van der Waals surface area contributed by atoms with Gasteiger partial charge in [0, 0.05) is 44.3 Å². The fraction of sp³-hybridized carbons (Fsp3) is 0.652. The molecule has 3 aliphatic heterocycles. The lowest BCUT2D eigenvalue weighted by molar-refractivity contribution is -0.124. The number of carbonyl (C=O) groups excluding carboxylic acids is 1. The summed E-state index contributed by atoms with van der Waals surface area (Å²) in [6, 6.07) is 7.38. The molecule has 1 aliphatic carbocycles. The summed E-state index contributed by atoms with van der Waals surface area (Å²) in [4.78, 5) is 17.2. The van der Waals surface area contributed by atoms with E-state index in [4.69, 9.17) is 4.74 Å². The van der Waals surface area contributed by atoms with Crippen LogP contribution in [-0.2, 0) is 16.0 Å². The molecule has 5 rings (SSSR count). The van der Waals surface area contributed by atoms with E-state index in [1.54, 1.807) is 12.1 Å². The number of halogens is 1. The molecule has 2 N–H and O–H groups in total. The molecule has 2 bridgehead atoms. The minimum atomic E-state index is -0.734. The molecule has 1 aromatic rings. The van der Waals surface area contributed by atoms with E-state index in [-0.39, 0.29) is 24.2 Å². The maximum Gasteiger partial charge on any atom is 0.238 e. The van der Waals surface area contributed by atoms with Gasteiger partial charge in [-0.1, -0.05) is 6.07 Å². The Morgan fingerprint density at radius 2 is 2.10 bits per heavy atom. The second kappa shape index (κ2) is 8.73. The first kappa shape index (κ1) is 20.7. The van der Waals surface area contributed by atoms with Gasteiger partial charge in [-0.2, -0.15) is 5.26 Å². The number of carbonyl (C=O) groups is 1. The lowest BCUT2D eigenvalue weighted by Gasteiger charge is -2.43. The molecular weight excluding hydrogens is 397 g/mol. The Hall–Kier alpha value is -2.21. The van der Waals surface area contributed by atoms with Crippen LogP contribution in [0.2, 0.25) is 0 Å². The Labute approximate surface area is 182 Å². The summed E-state index contributed by atoms with van der Waals surface area (Å²) in [5.41, 5.74) is 1.33. The van der Waals surface area contributed by atoms with Crippen LogP contribution < -0.4 is 15.5 Å². The molecule has 0 radical (unpaired) electrons. The van der Waals surface area contributed by atoms with E-state index < -0.39 is 6.04 Å². The van der Waals surface area contributed by atoms with Crippen molar-refractivity contribution in [2.45, 2.75) is 49.9 Å². The van der Waals surface area contributed by atoms with Crippen molar-refractivity contribution < 1.29 is 13.9 Å². The molecule has 4 fully saturated rings. The van der Waals surface area contributed by atoms with Crippen LogP contribution in [0.5, 0.6) is 0 Å². The number of amides is 1. The summed E-state index contributed by atoms with van der Waals surface area (Å²) in [6.07, 6.45) is 3.39. The highest BCUT2D eigenvalue weighted by Gasteiger charge is 2.43. The summed E-state index contributed by atoms with van der Waals surface area (Å²) in [7, 11) is 0. The van der Waals surface area contributed by atoms with Gasteiger partial charge >= 0.3 is 0 Å². The molecule has 31 heavy (non-hydrogen) atoms. The van der Waals surface area contributed by atoms with E-state index in [1.165, 1.54) is 0 Å². The van der Waals surface area contributed by atoms with E-state index >= 15 is 0 Å². The highest BCUT2D eigenvalue weighted by atomic mass is 19.1. The Morgan fingerprint density at radius 3 is 2.68 bits per heavy atom. The number of piperazine rings is 1. The third kappa shape index (κ3) is 4.27. The molecule has 1 saturated carbocycles. The van der Waals surface area contributed by atoms with E-state index in [0.29, 0.717) is 23.6 Å². The molecule has 3 saturated heterocycles. The Kier molecular flexibility index (Phi) is 5.83. The summed E-state index contributed by atoms with van der Waals surface area (Å²) in [5.74, 6) is -0.0944. The Morgan fingerprint density at radius 1 is 1.29 bits per heavy atom. The second-order valence-corrected chi connectivity index (χ2v) is 9.30. The van der Waals surface area contributed by atoms with E-state index in [9.17, 15) is 14.4 Å². The largest absolute Gasteiger partial charge is 0.378 e. The predicted molar refractivity (Wildman–Crippen MR) is 114 cm³/mol. The first-order valence-corrected chi connectivity index (χ1v) is 11.4. The molecule has 7 nitrogen and oxygen atoms in total. The van der Waals surface area contributed by atoms with Gasteiger partial charge in [0.25, 0.3) is 0 Å². The number of hydrogen-bond donors (Lipinski definition) is 2. The molecule has 1 aromatic carbocycles. The molecule has 8 heteroatoms. The van der Waals surface area contributed by atoms with Gasteiger partial charge in [0.05, 0.1) is 31.4 Å². The highest BCUT2D eigenvalue weighted by molar-refractivity contribution is 5.83. The number of hydrogen-bond acceptors (Lipinski definition) is 6. The molecule has 3 heterocycles. The lowest BCUT2D eigenvalue weighted by atomic mass is 9.98. The number of nitrogens with one attached hydrogen (secondary N) is 2. The fourth-order valence-electron chi connectivity index (χ4n) is 5.44. The maximum atomic E-state index is 14.8. The number of nitriles is 1.